The number of rotatable bonds is 9. The summed E-state index contributed by atoms with van der Waals surface area (Å²) in [6.45, 7) is 0.131. The molecule has 2 aromatic carbocycles. The Hall–Kier alpha value is -3.10. The zero-order valence-electron chi connectivity index (χ0n) is 16.3. The van der Waals surface area contributed by atoms with E-state index >= 15 is 0 Å². The summed E-state index contributed by atoms with van der Waals surface area (Å²) < 4.78 is 51.9. The minimum absolute atomic E-state index is 0.171. The Labute approximate surface area is 167 Å². The van der Waals surface area contributed by atoms with Gasteiger partial charge in [-0.3, -0.25) is 4.99 Å². The van der Waals surface area contributed by atoms with E-state index in [1.807, 2.05) is 24.3 Å². The van der Waals surface area contributed by atoms with E-state index in [2.05, 4.69) is 20.4 Å². The molecule has 0 saturated heterocycles. The van der Waals surface area contributed by atoms with Gasteiger partial charge in [0, 0.05) is 13.6 Å². The highest BCUT2D eigenvalue weighted by Gasteiger charge is 2.28. The van der Waals surface area contributed by atoms with Crippen molar-refractivity contribution in [3.8, 4) is 17.2 Å². The highest BCUT2D eigenvalue weighted by molar-refractivity contribution is 5.79. The first-order chi connectivity index (χ1) is 13.9. The standard InChI is InChI=1S/C20H24F3N3O3/c1-24-19(25-11-12-28-17-9-7-16(27-2)8-10-17)26-13-15-3-5-18(6-4-15)29-14-20(21,22)23/h3-10H,11-14H2,1-2H3,(H2,24,25,26). The van der Waals surface area contributed by atoms with Gasteiger partial charge in [-0.1, -0.05) is 12.1 Å². The van der Waals surface area contributed by atoms with Crippen LogP contribution in [0.25, 0.3) is 0 Å². The predicted octanol–water partition coefficient (Wildman–Crippen LogP) is 3.38. The van der Waals surface area contributed by atoms with Crippen LogP contribution in [-0.4, -0.2) is 46.1 Å². The molecule has 0 aromatic heterocycles. The second kappa shape index (κ2) is 11.0. The van der Waals surface area contributed by atoms with E-state index in [1.54, 1.807) is 26.3 Å². The van der Waals surface area contributed by atoms with Gasteiger partial charge in [0.2, 0.25) is 0 Å². The van der Waals surface area contributed by atoms with Gasteiger partial charge in [0.1, 0.15) is 23.9 Å². The molecule has 0 saturated carbocycles. The number of alkyl halides is 3. The van der Waals surface area contributed by atoms with E-state index in [0.29, 0.717) is 25.7 Å². The maximum absolute atomic E-state index is 12.2. The van der Waals surface area contributed by atoms with Gasteiger partial charge in [0.25, 0.3) is 0 Å². The molecule has 0 bridgehead atoms. The third-order valence-electron chi connectivity index (χ3n) is 3.73. The number of guanidine groups is 1. The molecule has 0 unspecified atom stereocenters. The van der Waals surface area contributed by atoms with Gasteiger partial charge in [0.05, 0.1) is 13.7 Å². The van der Waals surface area contributed by atoms with Crippen LogP contribution in [-0.2, 0) is 6.54 Å². The van der Waals surface area contributed by atoms with E-state index in [1.165, 1.54) is 12.1 Å². The highest BCUT2D eigenvalue weighted by atomic mass is 19.4. The minimum atomic E-state index is -4.35. The van der Waals surface area contributed by atoms with Gasteiger partial charge in [-0.25, -0.2) is 0 Å². The van der Waals surface area contributed by atoms with Crippen LogP contribution < -0.4 is 24.8 Å². The summed E-state index contributed by atoms with van der Waals surface area (Å²) >= 11 is 0. The predicted molar refractivity (Wildman–Crippen MR) is 105 cm³/mol. The first-order valence-corrected chi connectivity index (χ1v) is 8.89. The molecule has 0 aliphatic carbocycles. The molecular weight excluding hydrogens is 387 g/mol. The molecular formula is C20H24F3N3O3. The molecule has 2 rings (SSSR count). The zero-order valence-corrected chi connectivity index (χ0v) is 16.3. The molecule has 0 heterocycles. The number of hydrogen-bond acceptors (Lipinski definition) is 4. The summed E-state index contributed by atoms with van der Waals surface area (Å²) in [5.74, 6) is 2.26. The van der Waals surface area contributed by atoms with Crippen LogP contribution in [0.2, 0.25) is 0 Å². The maximum atomic E-state index is 12.2. The van der Waals surface area contributed by atoms with Gasteiger partial charge in [-0.05, 0) is 42.0 Å². The van der Waals surface area contributed by atoms with Crippen molar-refractivity contribution in [2.75, 3.05) is 33.9 Å². The first-order valence-electron chi connectivity index (χ1n) is 8.89. The van der Waals surface area contributed by atoms with Crippen LogP contribution in [0.3, 0.4) is 0 Å². The van der Waals surface area contributed by atoms with E-state index in [4.69, 9.17) is 9.47 Å². The van der Waals surface area contributed by atoms with Gasteiger partial charge >= 0.3 is 6.18 Å². The number of hydrogen-bond donors (Lipinski definition) is 2. The number of nitrogens with zero attached hydrogens (tertiary/aromatic N) is 1. The van der Waals surface area contributed by atoms with Crippen molar-refractivity contribution >= 4 is 5.96 Å². The van der Waals surface area contributed by atoms with Crippen LogP contribution >= 0.6 is 0 Å². The second-order valence-electron chi connectivity index (χ2n) is 5.92. The Balaban J connectivity index is 1.68. The lowest BCUT2D eigenvalue weighted by Gasteiger charge is -2.13. The summed E-state index contributed by atoms with van der Waals surface area (Å²) in [5, 5.41) is 6.24. The van der Waals surface area contributed by atoms with Crippen molar-refractivity contribution in [2.24, 2.45) is 4.99 Å². The first kappa shape index (κ1) is 22.2. The maximum Gasteiger partial charge on any atom is 0.422 e. The van der Waals surface area contributed by atoms with Crippen molar-refractivity contribution in [2.45, 2.75) is 12.7 Å². The van der Waals surface area contributed by atoms with Crippen LogP contribution in [0.1, 0.15) is 5.56 Å². The van der Waals surface area contributed by atoms with E-state index < -0.39 is 12.8 Å². The average molecular weight is 411 g/mol. The van der Waals surface area contributed by atoms with Gasteiger partial charge in [-0.2, -0.15) is 13.2 Å². The second-order valence-corrected chi connectivity index (χ2v) is 5.92. The van der Waals surface area contributed by atoms with Crippen LogP contribution in [0.4, 0.5) is 13.2 Å². The number of aliphatic imine (C=N–C) groups is 1. The Kier molecular flexibility index (Phi) is 8.45. The van der Waals surface area contributed by atoms with E-state index in [-0.39, 0.29) is 5.75 Å². The average Bonchev–Trinajstić information content (AvgIpc) is 2.72. The molecule has 158 valence electrons. The van der Waals surface area contributed by atoms with Crippen molar-refractivity contribution in [3.63, 3.8) is 0 Å². The van der Waals surface area contributed by atoms with E-state index in [9.17, 15) is 13.2 Å². The molecule has 29 heavy (non-hydrogen) atoms. The highest BCUT2D eigenvalue weighted by Crippen LogP contribution is 2.19. The summed E-state index contributed by atoms with van der Waals surface area (Å²) in [6.07, 6.45) is -4.35. The molecule has 0 aliphatic rings. The minimum Gasteiger partial charge on any atom is -0.497 e. The normalized spacial score (nSPS) is 11.7. The monoisotopic (exact) mass is 411 g/mol. The molecule has 2 N–H and O–H groups in total. The summed E-state index contributed by atoms with van der Waals surface area (Å²) in [6, 6.07) is 13.7. The van der Waals surface area contributed by atoms with Crippen molar-refractivity contribution in [1.29, 1.82) is 0 Å². The number of halogens is 3. The fraction of sp³-hybridized carbons (Fsp3) is 0.350. The van der Waals surface area contributed by atoms with Crippen molar-refractivity contribution < 1.29 is 27.4 Å². The topological polar surface area (TPSA) is 64.1 Å². The molecule has 0 amide bonds. The van der Waals surface area contributed by atoms with Crippen LogP contribution in [0.5, 0.6) is 17.2 Å². The van der Waals surface area contributed by atoms with Crippen LogP contribution in [0.15, 0.2) is 53.5 Å². The largest absolute Gasteiger partial charge is 0.497 e. The number of benzene rings is 2. The smallest absolute Gasteiger partial charge is 0.422 e. The van der Waals surface area contributed by atoms with Gasteiger partial charge in [0.15, 0.2) is 12.6 Å². The number of ether oxygens (including phenoxy) is 3. The Morgan fingerprint density at radius 3 is 2.07 bits per heavy atom. The molecule has 0 fully saturated rings. The fourth-order valence-corrected chi connectivity index (χ4v) is 2.29. The number of nitrogens with one attached hydrogen (secondary N) is 2. The van der Waals surface area contributed by atoms with Gasteiger partial charge in [-0.15, -0.1) is 0 Å². The summed E-state index contributed by atoms with van der Waals surface area (Å²) in [7, 11) is 3.25. The summed E-state index contributed by atoms with van der Waals surface area (Å²) in [4.78, 5) is 4.12. The SMILES string of the molecule is CN=C(NCCOc1ccc(OC)cc1)NCc1ccc(OCC(F)(F)F)cc1. The zero-order chi connectivity index (χ0) is 21.1. The molecule has 6 nitrogen and oxygen atoms in total. The fourth-order valence-electron chi connectivity index (χ4n) is 2.29. The molecule has 2 aromatic rings. The Morgan fingerprint density at radius 1 is 0.897 bits per heavy atom. The lowest BCUT2D eigenvalue weighted by molar-refractivity contribution is -0.153. The Morgan fingerprint density at radius 2 is 1.48 bits per heavy atom. The lowest BCUT2D eigenvalue weighted by atomic mass is 10.2. The lowest BCUT2D eigenvalue weighted by Crippen LogP contribution is -2.38. The van der Waals surface area contributed by atoms with E-state index in [0.717, 1.165) is 17.1 Å². The number of methoxy groups -OCH3 is 1. The quantitative estimate of drug-likeness (QED) is 0.376. The Bertz CT molecular complexity index is 763. The molecule has 0 spiro atoms. The van der Waals surface area contributed by atoms with Crippen molar-refractivity contribution in [3.05, 3.63) is 54.1 Å². The molecule has 9 heteroatoms. The van der Waals surface area contributed by atoms with Gasteiger partial charge < -0.3 is 24.8 Å². The third-order valence-corrected chi connectivity index (χ3v) is 3.73. The molecule has 0 aliphatic heterocycles. The van der Waals surface area contributed by atoms with Crippen molar-refractivity contribution in [1.82, 2.24) is 10.6 Å². The third kappa shape index (κ3) is 8.63. The molecule has 0 radical (unpaired) electrons. The summed E-state index contributed by atoms with van der Waals surface area (Å²) in [5.41, 5.74) is 0.877. The van der Waals surface area contributed by atoms with Crippen LogP contribution in [0, 0.1) is 0 Å². The molecule has 0 atom stereocenters.